The van der Waals surface area contributed by atoms with E-state index in [1.54, 1.807) is 6.92 Å². The molecular weight excluding hydrogens is 714 g/mol. The summed E-state index contributed by atoms with van der Waals surface area (Å²) in [7, 11) is 0. The van der Waals surface area contributed by atoms with Crippen molar-refractivity contribution in [2.45, 2.75) is 152 Å². The van der Waals surface area contributed by atoms with Crippen LogP contribution in [0.1, 0.15) is 59.8 Å². The molecule has 53 heavy (non-hydrogen) atoms. The number of carbonyl (C=O) groups excluding carboxylic acids is 4. The van der Waals surface area contributed by atoms with Crippen LogP contribution in [0, 0.1) is 16.7 Å². The molecule has 0 aromatic rings. The lowest BCUT2D eigenvalue weighted by atomic mass is 9.55. The Hall–Kier alpha value is -2.28. The average molecular weight is 766 g/mol. The summed E-state index contributed by atoms with van der Waals surface area (Å²) in [4.78, 5) is 56.1. The summed E-state index contributed by atoms with van der Waals surface area (Å²) in [6.45, 7) is 6.22. The Balaban J connectivity index is 1.56. The Morgan fingerprint density at radius 1 is 0.830 bits per heavy atom. The van der Waals surface area contributed by atoms with E-state index in [1.165, 1.54) is 0 Å². The second-order valence-electron chi connectivity index (χ2n) is 15.2. The first-order chi connectivity index (χ1) is 24.9. The molecule has 0 spiro atoms. The molecule has 5 fully saturated rings. The largest absolute Gasteiger partial charge is 0.394 e. The third kappa shape index (κ3) is 8.03. The van der Waals surface area contributed by atoms with Crippen molar-refractivity contribution >= 4 is 24.1 Å². The van der Waals surface area contributed by atoms with Crippen LogP contribution >= 0.6 is 0 Å². The summed E-state index contributed by atoms with van der Waals surface area (Å²) >= 11 is 0. The van der Waals surface area contributed by atoms with Gasteiger partial charge in [-0.1, -0.05) is 34.1 Å². The highest BCUT2D eigenvalue weighted by Crippen LogP contribution is 2.53. The molecule has 4 heterocycles. The minimum Gasteiger partial charge on any atom is -0.394 e. The zero-order valence-corrected chi connectivity index (χ0v) is 29.8. The van der Waals surface area contributed by atoms with Crippen molar-refractivity contribution in [1.29, 1.82) is 0 Å². The first-order valence-electron chi connectivity index (χ1n) is 17.7. The average Bonchev–Trinajstić information content (AvgIpc) is 3.43. The Labute approximate surface area is 304 Å². The zero-order valence-electron chi connectivity index (χ0n) is 29.8. The summed E-state index contributed by atoms with van der Waals surface area (Å²) in [6.07, 6.45) is -25.6. The highest BCUT2D eigenvalue weighted by atomic mass is 16.8. The second kappa shape index (κ2) is 16.4. The predicted octanol–water partition coefficient (Wildman–Crippen LogP) is -3.87. The molecule has 302 valence electrons. The van der Waals surface area contributed by atoms with Crippen LogP contribution in [0.25, 0.3) is 0 Å². The van der Waals surface area contributed by atoms with Crippen LogP contribution in [-0.4, -0.2) is 175 Å². The zero-order chi connectivity index (χ0) is 39.2. The molecule has 4 aliphatic heterocycles. The minimum atomic E-state index is -2.20. The van der Waals surface area contributed by atoms with Gasteiger partial charge in [-0.05, 0) is 24.2 Å². The van der Waals surface area contributed by atoms with Crippen LogP contribution in [0.15, 0.2) is 0 Å². The maximum Gasteiger partial charge on any atom is 0.364 e. The van der Waals surface area contributed by atoms with E-state index < -0.39 is 129 Å². The number of hydrogen-bond donors (Lipinski definition) is 8. The number of hydrogen-bond acceptors (Lipinski definition) is 19. The second-order valence-corrected chi connectivity index (χ2v) is 15.2. The van der Waals surface area contributed by atoms with Gasteiger partial charge in [0.05, 0.1) is 24.7 Å². The van der Waals surface area contributed by atoms with Crippen molar-refractivity contribution in [3.8, 4) is 0 Å². The first kappa shape index (κ1) is 41.9. The Bertz CT molecular complexity index is 1320. The third-order valence-corrected chi connectivity index (χ3v) is 11.2. The van der Waals surface area contributed by atoms with Crippen molar-refractivity contribution in [3.63, 3.8) is 0 Å². The number of nitrogens with zero attached hydrogens (tertiary/aromatic N) is 1. The fourth-order valence-electron chi connectivity index (χ4n) is 8.20. The van der Waals surface area contributed by atoms with E-state index in [9.17, 15) is 60.0 Å². The van der Waals surface area contributed by atoms with Crippen molar-refractivity contribution in [1.82, 2.24) is 5.06 Å². The molecule has 0 bridgehead atoms. The fraction of sp³-hybridized carbons (Fsp3) is 0.879. The molecule has 5 aliphatic rings. The van der Waals surface area contributed by atoms with Crippen molar-refractivity contribution in [2.24, 2.45) is 16.7 Å². The molecule has 16 unspecified atom stereocenters. The lowest BCUT2D eigenvalue weighted by molar-refractivity contribution is -0.391. The Morgan fingerprint density at radius 3 is 2.06 bits per heavy atom. The lowest BCUT2D eigenvalue weighted by Gasteiger charge is -2.54. The van der Waals surface area contributed by atoms with Gasteiger partial charge in [-0.3, -0.25) is 9.59 Å². The predicted molar refractivity (Wildman–Crippen MR) is 169 cm³/mol. The van der Waals surface area contributed by atoms with Gasteiger partial charge < -0.3 is 78.9 Å². The van der Waals surface area contributed by atoms with E-state index in [-0.39, 0.29) is 35.7 Å². The van der Waals surface area contributed by atoms with Gasteiger partial charge in [0.15, 0.2) is 25.0 Å². The Kier molecular flexibility index (Phi) is 13.0. The SMILES string of the molecule is CCC1C(C)(C)CCC(OC2OC(C(=O)ON3C(=O)CCC3=O)C(O)C(OC3OCC(O)C(O)C3O)C2OC2OC(CO)C(O)C(O)C2O)[C@@]1(C)C=O. The molecule has 2 amide bonds. The summed E-state index contributed by atoms with van der Waals surface area (Å²) < 4.78 is 35.3. The number of imide groups is 1. The van der Waals surface area contributed by atoms with Crippen molar-refractivity contribution in [2.75, 3.05) is 13.2 Å². The monoisotopic (exact) mass is 765 g/mol. The van der Waals surface area contributed by atoms with Crippen molar-refractivity contribution < 1.29 is 93.3 Å². The van der Waals surface area contributed by atoms with Gasteiger partial charge in [0, 0.05) is 12.8 Å². The van der Waals surface area contributed by atoms with Crippen LogP contribution in [0.3, 0.4) is 0 Å². The number of aliphatic hydroxyl groups excluding tert-OH is 8. The number of carbonyl (C=O) groups is 4. The number of hydroxylamine groups is 2. The van der Waals surface area contributed by atoms with Gasteiger partial charge >= 0.3 is 5.97 Å². The fourth-order valence-corrected chi connectivity index (χ4v) is 8.20. The number of rotatable bonds is 11. The number of aldehydes is 1. The standard InChI is InChI=1S/C33H51NO19/c1-5-15-32(2,3)9-8-16(33(15,4)12-36)49-31-27(52-30-23(44)21(42)20(41)14(10-35)48-30)25(50-29-22(43)19(40)13(37)11-47-29)24(45)26(51-31)28(46)53-34-17(38)6-7-18(34)39/h12-16,19-27,29-31,35,37,40-45H,5-11H2,1-4H3/t13?,14?,15?,16?,19?,20?,21?,22?,23?,24?,25?,26?,27?,29?,30?,31?,33-/m0/s1. The van der Waals surface area contributed by atoms with Gasteiger partial charge in [-0.2, -0.15) is 0 Å². The van der Waals surface area contributed by atoms with E-state index in [4.69, 9.17) is 33.3 Å². The van der Waals surface area contributed by atoms with Crippen LogP contribution in [0.4, 0.5) is 0 Å². The molecule has 4 saturated heterocycles. The number of ether oxygens (including phenoxy) is 6. The van der Waals surface area contributed by atoms with E-state index in [2.05, 4.69) is 0 Å². The van der Waals surface area contributed by atoms with E-state index in [0.717, 1.165) is 6.29 Å². The molecule has 1 aliphatic carbocycles. The Morgan fingerprint density at radius 2 is 1.45 bits per heavy atom. The highest BCUT2D eigenvalue weighted by molar-refractivity contribution is 6.01. The quantitative estimate of drug-likeness (QED) is 0.0737. The first-order valence-corrected chi connectivity index (χ1v) is 17.7. The van der Waals surface area contributed by atoms with E-state index in [0.29, 0.717) is 12.8 Å². The number of amides is 2. The van der Waals surface area contributed by atoms with Gasteiger partial charge in [-0.25, -0.2) is 4.79 Å². The molecule has 5 rings (SSSR count). The van der Waals surface area contributed by atoms with Gasteiger partial charge in [0.25, 0.3) is 11.8 Å². The maximum atomic E-state index is 13.6. The molecule has 0 aromatic heterocycles. The van der Waals surface area contributed by atoms with E-state index in [1.807, 2.05) is 20.8 Å². The maximum absolute atomic E-state index is 13.6. The molecule has 20 heteroatoms. The smallest absolute Gasteiger partial charge is 0.364 e. The van der Waals surface area contributed by atoms with Gasteiger partial charge in [0.1, 0.15) is 67.3 Å². The van der Waals surface area contributed by atoms with Crippen LogP contribution in [-0.2, 0) is 52.4 Å². The van der Waals surface area contributed by atoms with Crippen molar-refractivity contribution in [3.05, 3.63) is 0 Å². The number of aliphatic hydroxyl groups is 8. The molecular formula is C33H51NO19. The molecule has 1 saturated carbocycles. The summed E-state index contributed by atoms with van der Waals surface area (Å²) in [6, 6.07) is 0. The van der Waals surface area contributed by atoms with Crippen LogP contribution < -0.4 is 0 Å². The molecule has 8 N–H and O–H groups in total. The topological polar surface area (TPSA) is 298 Å². The molecule has 17 atom stereocenters. The summed E-state index contributed by atoms with van der Waals surface area (Å²) in [5.41, 5.74) is -1.51. The molecule has 0 radical (unpaired) electrons. The third-order valence-electron chi connectivity index (χ3n) is 11.2. The highest BCUT2D eigenvalue weighted by Gasteiger charge is 2.59. The van der Waals surface area contributed by atoms with Crippen LogP contribution in [0.5, 0.6) is 0 Å². The van der Waals surface area contributed by atoms with Gasteiger partial charge in [0.2, 0.25) is 0 Å². The van der Waals surface area contributed by atoms with Gasteiger partial charge in [-0.15, -0.1) is 5.06 Å². The lowest BCUT2D eigenvalue weighted by Crippen LogP contribution is -2.68. The summed E-state index contributed by atoms with van der Waals surface area (Å²) in [5, 5.41) is 84.6. The minimum absolute atomic E-state index is 0.213. The molecule has 20 nitrogen and oxygen atoms in total. The van der Waals surface area contributed by atoms with E-state index >= 15 is 0 Å². The normalized spacial score (nSPS) is 46.3. The van der Waals surface area contributed by atoms with Crippen LogP contribution in [0.2, 0.25) is 0 Å². The summed E-state index contributed by atoms with van der Waals surface area (Å²) in [5.74, 6) is -3.41. The molecule has 0 aromatic carbocycles.